The lowest BCUT2D eigenvalue weighted by molar-refractivity contribution is -0.137. The molecule has 1 N–H and O–H groups in total. The Morgan fingerprint density at radius 3 is 1.60 bits per heavy atom. The molecule has 1 unspecified atom stereocenters. The normalized spacial score (nSPS) is 18.9. The molecule has 4 atom stereocenters. The topological polar surface area (TPSA) is 55.8 Å². The van der Waals surface area contributed by atoms with E-state index < -0.39 is 28.2 Å². The third-order valence-corrected chi connectivity index (χ3v) is 22.9. The molecule has 0 aliphatic heterocycles. The van der Waals surface area contributed by atoms with E-state index in [1.807, 2.05) is 0 Å². The van der Waals surface area contributed by atoms with Gasteiger partial charge in [0, 0.05) is 12.3 Å². The predicted octanol–water partition coefficient (Wildman–Crippen LogP) is 11.8. The van der Waals surface area contributed by atoms with E-state index in [0.717, 1.165) is 44.9 Å². The number of carboxylic acids is 1. The first-order chi connectivity index (χ1) is 28.6. The van der Waals surface area contributed by atoms with Gasteiger partial charge in [-0.25, -0.2) is 0 Å². The Hall–Kier alpha value is -4.08. The predicted molar refractivity (Wildman–Crippen MR) is 259 cm³/mol. The van der Waals surface area contributed by atoms with E-state index in [0.29, 0.717) is 6.42 Å². The summed E-state index contributed by atoms with van der Waals surface area (Å²) in [5.41, 5.74) is 0.647. The molecular formula is C54H72O4Si2. The molecule has 320 valence electrons. The van der Waals surface area contributed by atoms with Gasteiger partial charge in [0.05, 0.1) is 11.7 Å². The number of aliphatic carboxylic acids is 1. The van der Waals surface area contributed by atoms with Gasteiger partial charge in [-0.2, -0.15) is 0 Å². The van der Waals surface area contributed by atoms with Gasteiger partial charge in [-0.3, -0.25) is 4.79 Å². The van der Waals surface area contributed by atoms with Gasteiger partial charge in [0.25, 0.3) is 16.6 Å². The Bertz CT molecular complexity index is 1920. The highest BCUT2D eigenvalue weighted by atomic mass is 28.4. The Morgan fingerprint density at radius 1 is 0.700 bits per heavy atom. The van der Waals surface area contributed by atoms with Gasteiger partial charge in [0.2, 0.25) is 0 Å². The molecule has 1 aliphatic carbocycles. The van der Waals surface area contributed by atoms with E-state index in [2.05, 4.69) is 201 Å². The van der Waals surface area contributed by atoms with Crippen molar-refractivity contribution in [2.75, 3.05) is 0 Å². The lowest BCUT2D eigenvalue weighted by Crippen LogP contribution is -2.69. The van der Waals surface area contributed by atoms with Crippen LogP contribution in [0.15, 0.2) is 158 Å². The van der Waals surface area contributed by atoms with Gasteiger partial charge >= 0.3 is 5.97 Å². The van der Waals surface area contributed by atoms with Crippen molar-refractivity contribution in [3.8, 4) is 0 Å². The maximum atomic E-state index is 11.3. The van der Waals surface area contributed by atoms with E-state index in [1.165, 1.54) is 26.3 Å². The quantitative estimate of drug-likeness (QED) is 0.0547. The van der Waals surface area contributed by atoms with Crippen LogP contribution in [0.1, 0.15) is 113 Å². The van der Waals surface area contributed by atoms with Crippen LogP contribution in [0, 0.1) is 11.8 Å². The molecule has 0 radical (unpaired) electrons. The molecule has 5 rings (SSSR count). The van der Waals surface area contributed by atoms with E-state index >= 15 is 0 Å². The second kappa shape index (κ2) is 20.7. The maximum absolute atomic E-state index is 11.3. The van der Waals surface area contributed by atoms with Crippen molar-refractivity contribution < 1.29 is 18.8 Å². The number of hydrogen-bond donors (Lipinski definition) is 1. The summed E-state index contributed by atoms with van der Waals surface area (Å²) in [6.45, 7) is 23.5. The standard InChI is InChI=1S/C54H72O4Si2/c1-10-11-28-40-54(9,58-60(53(6,7)8,46-33-22-16-23-34-46)47-35-24-17-25-36-47)41-39-48-43(2)42-50(49(48)37-26-12-13-27-38-51(55)56)57-59(52(3,4)5,44-29-18-14-19-30-44)45-31-20-15-21-32-45/h12,14-26,29-36,39,41,48-50H,2,10-11,13,27-28,37-38,40,42H2,1,3-9H3,(H,55,56)/t48-,49+,50-,54?/m0/s1. The van der Waals surface area contributed by atoms with Crippen molar-refractivity contribution in [3.05, 3.63) is 158 Å². The van der Waals surface area contributed by atoms with Gasteiger partial charge in [-0.05, 0) is 75.8 Å². The van der Waals surface area contributed by atoms with Crippen LogP contribution in [-0.4, -0.2) is 39.4 Å². The average Bonchev–Trinajstić information content (AvgIpc) is 3.52. The van der Waals surface area contributed by atoms with Gasteiger partial charge in [0.1, 0.15) is 0 Å². The molecule has 4 aromatic carbocycles. The molecule has 0 saturated heterocycles. The van der Waals surface area contributed by atoms with Gasteiger partial charge in [-0.1, -0.05) is 226 Å². The molecule has 0 bridgehead atoms. The second-order valence-corrected chi connectivity index (χ2v) is 27.7. The van der Waals surface area contributed by atoms with Crippen molar-refractivity contribution in [1.82, 2.24) is 0 Å². The van der Waals surface area contributed by atoms with Crippen molar-refractivity contribution in [2.45, 2.75) is 135 Å². The summed E-state index contributed by atoms with van der Waals surface area (Å²) in [5, 5.41) is 14.1. The Kier molecular flexibility index (Phi) is 16.2. The molecule has 0 heterocycles. The Balaban J connectivity index is 1.61. The number of benzene rings is 4. The van der Waals surface area contributed by atoms with Crippen LogP contribution in [0.25, 0.3) is 0 Å². The molecule has 6 heteroatoms. The number of allylic oxidation sites excluding steroid dienone is 3. The SMILES string of the molecule is C=C1C[C@H](O[Si](c2ccccc2)(c2ccccc2)C(C)(C)C)[C@H](CC=CCCCC(=O)O)[C@H]1C=CC(C)(CCCCC)O[Si](c1ccccc1)(c1ccccc1)C(C)(C)C. The maximum Gasteiger partial charge on any atom is 0.303 e. The molecule has 60 heavy (non-hydrogen) atoms. The van der Waals surface area contributed by atoms with Gasteiger partial charge in [0.15, 0.2) is 0 Å². The summed E-state index contributed by atoms with van der Waals surface area (Å²) in [7, 11) is -5.76. The number of hydrogen-bond acceptors (Lipinski definition) is 3. The van der Waals surface area contributed by atoms with Crippen LogP contribution >= 0.6 is 0 Å². The van der Waals surface area contributed by atoms with Crippen LogP contribution in [0.2, 0.25) is 10.1 Å². The summed E-state index contributed by atoms with van der Waals surface area (Å²) in [4.78, 5) is 11.3. The summed E-state index contributed by atoms with van der Waals surface area (Å²) < 4.78 is 15.9. The summed E-state index contributed by atoms with van der Waals surface area (Å²) >= 11 is 0. The molecule has 1 saturated carbocycles. The number of rotatable bonds is 20. The Morgan fingerprint density at radius 2 is 1.17 bits per heavy atom. The number of unbranched alkanes of at least 4 members (excludes halogenated alkanes) is 3. The summed E-state index contributed by atoms with van der Waals surface area (Å²) in [6.07, 6.45) is 16.6. The lowest BCUT2D eigenvalue weighted by atomic mass is 9.87. The molecular weight excluding hydrogens is 769 g/mol. The minimum atomic E-state index is -2.88. The first-order valence-corrected chi connectivity index (χ1v) is 26.2. The monoisotopic (exact) mass is 840 g/mol. The Labute approximate surface area is 365 Å². The fourth-order valence-corrected chi connectivity index (χ4v) is 19.2. The highest BCUT2D eigenvalue weighted by Crippen LogP contribution is 2.47. The minimum absolute atomic E-state index is 0.0638. The van der Waals surface area contributed by atoms with Crippen LogP contribution in [0.5, 0.6) is 0 Å². The van der Waals surface area contributed by atoms with E-state index in [-0.39, 0.29) is 34.4 Å². The van der Waals surface area contributed by atoms with Crippen molar-refractivity contribution >= 4 is 43.4 Å². The first kappa shape index (κ1) is 47.0. The zero-order chi connectivity index (χ0) is 43.4. The third-order valence-electron chi connectivity index (χ3n) is 12.7. The highest BCUT2D eigenvalue weighted by Gasteiger charge is 2.55. The van der Waals surface area contributed by atoms with E-state index in [1.54, 1.807) is 0 Å². The summed E-state index contributed by atoms with van der Waals surface area (Å²) in [5.74, 6) is -0.536. The summed E-state index contributed by atoms with van der Waals surface area (Å²) in [6, 6.07) is 43.9. The number of carbonyl (C=O) groups is 1. The van der Waals surface area contributed by atoms with Crippen molar-refractivity contribution in [3.63, 3.8) is 0 Å². The van der Waals surface area contributed by atoms with Gasteiger partial charge in [-0.15, -0.1) is 0 Å². The minimum Gasteiger partial charge on any atom is -0.481 e. The molecule has 1 fully saturated rings. The highest BCUT2D eigenvalue weighted by molar-refractivity contribution is 7.00. The van der Waals surface area contributed by atoms with Crippen molar-refractivity contribution in [2.24, 2.45) is 11.8 Å². The van der Waals surface area contributed by atoms with E-state index in [4.69, 9.17) is 15.4 Å². The zero-order valence-corrected chi connectivity index (χ0v) is 39.8. The molecule has 0 amide bonds. The third kappa shape index (κ3) is 10.9. The van der Waals surface area contributed by atoms with Crippen LogP contribution in [-0.2, 0) is 13.6 Å². The van der Waals surface area contributed by atoms with Crippen LogP contribution in [0.4, 0.5) is 0 Å². The first-order valence-electron chi connectivity index (χ1n) is 22.4. The molecule has 0 aromatic heterocycles. The zero-order valence-electron chi connectivity index (χ0n) is 37.8. The fourth-order valence-electron chi connectivity index (χ4n) is 9.65. The van der Waals surface area contributed by atoms with Crippen LogP contribution in [0.3, 0.4) is 0 Å². The lowest BCUT2D eigenvalue weighted by Gasteiger charge is -2.48. The fraction of sp³-hybridized carbons (Fsp3) is 0.426. The van der Waals surface area contributed by atoms with Gasteiger partial charge < -0.3 is 14.0 Å². The smallest absolute Gasteiger partial charge is 0.303 e. The second-order valence-electron chi connectivity index (χ2n) is 19.3. The molecule has 1 aliphatic rings. The average molecular weight is 841 g/mol. The number of carboxylic acid groups (broad SMARTS) is 1. The van der Waals surface area contributed by atoms with E-state index in [9.17, 15) is 9.90 Å². The molecule has 4 nitrogen and oxygen atoms in total. The molecule has 4 aromatic rings. The largest absolute Gasteiger partial charge is 0.481 e. The van der Waals surface area contributed by atoms with Crippen LogP contribution < -0.4 is 20.7 Å². The molecule has 0 spiro atoms. The van der Waals surface area contributed by atoms with Crippen molar-refractivity contribution in [1.29, 1.82) is 0 Å².